The highest BCUT2D eigenvalue weighted by atomic mass is 32.2. The van der Waals surface area contributed by atoms with E-state index >= 15 is 0 Å². The van der Waals surface area contributed by atoms with Crippen molar-refractivity contribution in [3.05, 3.63) is 6.07 Å². The molecule has 2 aromatic heterocycles. The van der Waals surface area contributed by atoms with Crippen molar-refractivity contribution in [1.82, 2.24) is 19.6 Å². The Morgan fingerprint density at radius 2 is 2.15 bits per heavy atom. The maximum absolute atomic E-state index is 5.56. The quantitative estimate of drug-likeness (QED) is 0.493. The number of hydrogen-bond acceptors (Lipinski definition) is 6. The molecule has 68 valence electrons. The molecule has 0 aliphatic carbocycles. The number of aromatic nitrogens is 4. The van der Waals surface area contributed by atoms with Crippen LogP contribution in [0.1, 0.15) is 0 Å². The van der Waals surface area contributed by atoms with Crippen molar-refractivity contribution in [3.63, 3.8) is 0 Å². The van der Waals surface area contributed by atoms with E-state index in [9.17, 15) is 0 Å². The number of nitrogen functional groups attached to an aromatic ring is 2. The Bertz CT molecular complexity index is 450. The summed E-state index contributed by atoms with van der Waals surface area (Å²) in [5.74, 6) is 0.645. The van der Waals surface area contributed by atoms with Gasteiger partial charge in [0.05, 0.1) is 0 Å². The molecule has 4 N–H and O–H groups in total. The van der Waals surface area contributed by atoms with Crippen LogP contribution >= 0.6 is 11.8 Å². The van der Waals surface area contributed by atoms with Gasteiger partial charge >= 0.3 is 0 Å². The monoisotopic (exact) mass is 196 g/mol. The molecule has 0 aliphatic heterocycles. The molecule has 0 aliphatic rings. The van der Waals surface area contributed by atoms with E-state index in [1.807, 2.05) is 6.26 Å². The van der Waals surface area contributed by atoms with Gasteiger partial charge in [-0.25, -0.2) is 4.98 Å². The number of hydrogen-bond donors (Lipinski definition) is 2. The fourth-order valence-corrected chi connectivity index (χ4v) is 1.53. The molecule has 13 heavy (non-hydrogen) atoms. The van der Waals surface area contributed by atoms with Gasteiger partial charge in [-0.2, -0.15) is 9.50 Å². The average Bonchev–Trinajstić information content (AvgIpc) is 2.43. The van der Waals surface area contributed by atoms with Crippen molar-refractivity contribution in [2.24, 2.45) is 0 Å². The number of nitrogens with two attached hydrogens (primary N) is 2. The minimum absolute atomic E-state index is 0.225. The number of rotatable bonds is 1. The standard InChI is InChI=1S/C6H8N6S/c1-13-6-9-3(7)2-4-10-5(8)11-12(4)6/h2H,7H2,1H3,(H2,8,11). The zero-order valence-corrected chi connectivity index (χ0v) is 7.75. The molecule has 6 nitrogen and oxygen atoms in total. The zero-order valence-electron chi connectivity index (χ0n) is 6.93. The number of anilines is 2. The van der Waals surface area contributed by atoms with E-state index in [0.29, 0.717) is 16.6 Å². The molecule has 2 rings (SSSR count). The summed E-state index contributed by atoms with van der Waals surface area (Å²) in [6.45, 7) is 0. The second-order valence-electron chi connectivity index (χ2n) is 2.41. The molecule has 2 aromatic rings. The first-order chi connectivity index (χ1) is 6.20. The van der Waals surface area contributed by atoms with Gasteiger partial charge in [0.1, 0.15) is 5.82 Å². The number of thioether (sulfide) groups is 1. The Morgan fingerprint density at radius 3 is 2.85 bits per heavy atom. The largest absolute Gasteiger partial charge is 0.383 e. The zero-order chi connectivity index (χ0) is 9.42. The van der Waals surface area contributed by atoms with Crippen LogP contribution in [0.5, 0.6) is 0 Å². The highest BCUT2D eigenvalue weighted by Crippen LogP contribution is 2.16. The van der Waals surface area contributed by atoms with Crippen LogP contribution in [0.3, 0.4) is 0 Å². The molecule has 0 fully saturated rings. The van der Waals surface area contributed by atoms with Gasteiger partial charge in [0.25, 0.3) is 0 Å². The van der Waals surface area contributed by atoms with Gasteiger partial charge in [-0.3, -0.25) is 0 Å². The van der Waals surface area contributed by atoms with Crippen LogP contribution < -0.4 is 11.5 Å². The molecule has 2 heterocycles. The Morgan fingerprint density at radius 1 is 1.38 bits per heavy atom. The molecule has 0 saturated heterocycles. The van der Waals surface area contributed by atoms with Crippen LogP contribution in [0.15, 0.2) is 11.2 Å². The van der Waals surface area contributed by atoms with Crippen LogP contribution in [0.2, 0.25) is 0 Å². The smallest absolute Gasteiger partial charge is 0.240 e. The van der Waals surface area contributed by atoms with Crippen LogP contribution in [-0.4, -0.2) is 25.8 Å². The second kappa shape index (κ2) is 2.77. The summed E-state index contributed by atoms with van der Waals surface area (Å²) in [5, 5.41) is 4.65. The third-order valence-electron chi connectivity index (χ3n) is 1.51. The summed E-state index contributed by atoms with van der Waals surface area (Å²) < 4.78 is 1.57. The Hall–Kier alpha value is -1.50. The average molecular weight is 196 g/mol. The topological polar surface area (TPSA) is 95.1 Å². The fourth-order valence-electron chi connectivity index (χ4n) is 1.03. The molecule has 0 saturated carbocycles. The highest BCUT2D eigenvalue weighted by Gasteiger charge is 2.06. The maximum atomic E-state index is 5.56. The van der Waals surface area contributed by atoms with Gasteiger partial charge in [0, 0.05) is 6.07 Å². The molecule has 0 aromatic carbocycles. The van der Waals surface area contributed by atoms with Gasteiger partial charge < -0.3 is 11.5 Å². The van der Waals surface area contributed by atoms with Crippen molar-refractivity contribution in [2.45, 2.75) is 5.16 Å². The van der Waals surface area contributed by atoms with E-state index in [1.165, 1.54) is 11.8 Å². The summed E-state index contributed by atoms with van der Waals surface area (Å²) >= 11 is 1.44. The lowest BCUT2D eigenvalue weighted by atomic mass is 10.6. The Balaban J connectivity index is 2.80. The second-order valence-corrected chi connectivity index (χ2v) is 3.18. The van der Waals surface area contributed by atoms with Gasteiger partial charge in [0.2, 0.25) is 5.95 Å². The van der Waals surface area contributed by atoms with E-state index in [-0.39, 0.29) is 5.95 Å². The molecule has 7 heteroatoms. The normalized spacial score (nSPS) is 10.8. The van der Waals surface area contributed by atoms with Crippen molar-refractivity contribution in [1.29, 1.82) is 0 Å². The first-order valence-electron chi connectivity index (χ1n) is 3.53. The van der Waals surface area contributed by atoms with E-state index in [2.05, 4.69) is 15.1 Å². The summed E-state index contributed by atoms with van der Waals surface area (Å²) in [6, 6.07) is 1.63. The van der Waals surface area contributed by atoms with Crippen molar-refractivity contribution in [2.75, 3.05) is 17.7 Å². The predicted octanol–water partition coefficient (Wildman–Crippen LogP) is 0.0106. The van der Waals surface area contributed by atoms with Crippen LogP contribution in [0.25, 0.3) is 5.65 Å². The number of nitrogens with zero attached hydrogens (tertiary/aromatic N) is 4. The van der Waals surface area contributed by atoms with Crippen LogP contribution in [0.4, 0.5) is 11.8 Å². The molecular weight excluding hydrogens is 188 g/mol. The molecule has 0 amide bonds. The van der Waals surface area contributed by atoms with E-state index in [0.717, 1.165) is 0 Å². The molecule has 0 spiro atoms. The lowest BCUT2D eigenvalue weighted by molar-refractivity contribution is 0.803. The first kappa shape index (κ1) is 8.11. The van der Waals surface area contributed by atoms with Gasteiger partial charge in [-0.15, -0.1) is 5.10 Å². The third kappa shape index (κ3) is 1.26. The highest BCUT2D eigenvalue weighted by molar-refractivity contribution is 7.98. The lowest BCUT2D eigenvalue weighted by Gasteiger charge is -1.99. The van der Waals surface area contributed by atoms with Crippen LogP contribution in [-0.2, 0) is 0 Å². The summed E-state index contributed by atoms with van der Waals surface area (Å²) in [5.41, 5.74) is 11.6. The molecule has 0 bridgehead atoms. The van der Waals surface area contributed by atoms with Crippen molar-refractivity contribution >= 4 is 29.2 Å². The number of fused-ring (bicyclic) bond motifs is 1. The third-order valence-corrected chi connectivity index (χ3v) is 2.14. The predicted molar refractivity (Wildman–Crippen MR) is 51.4 cm³/mol. The fraction of sp³-hybridized carbons (Fsp3) is 0.167. The molecule has 0 radical (unpaired) electrons. The van der Waals surface area contributed by atoms with Crippen LogP contribution in [0, 0.1) is 0 Å². The molecule has 0 unspecified atom stereocenters. The lowest BCUT2D eigenvalue weighted by Crippen LogP contribution is -2.00. The maximum Gasteiger partial charge on any atom is 0.240 e. The summed E-state index contributed by atoms with van der Waals surface area (Å²) in [4.78, 5) is 8.06. The van der Waals surface area contributed by atoms with E-state index < -0.39 is 0 Å². The van der Waals surface area contributed by atoms with Gasteiger partial charge in [-0.05, 0) is 6.26 Å². The Labute approximate surface area is 78.3 Å². The van der Waals surface area contributed by atoms with E-state index in [4.69, 9.17) is 11.5 Å². The van der Waals surface area contributed by atoms with E-state index in [1.54, 1.807) is 10.6 Å². The molecular formula is C6H8N6S. The molecule has 0 atom stereocenters. The Kier molecular flexibility index (Phi) is 1.73. The minimum atomic E-state index is 0.225. The summed E-state index contributed by atoms with van der Waals surface area (Å²) in [7, 11) is 0. The first-order valence-corrected chi connectivity index (χ1v) is 4.76. The summed E-state index contributed by atoms with van der Waals surface area (Å²) in [6.07, 6.45) is 1.89. The van der Waals surface area contributed by atoms with Gasteiger partial charge in [0.15, 0.2) is 10.8 Å². The van der Waals surface area contributed by atoms with Crippen molar-refractivity contribution in [3.8, 4) is 0 Å². The van der Waals surface area contributed by atoms with Crippen molar-refractivity contribution < 1.29 is 0 Å². The SMILES string of the molecule is CSc1nc(N)cc2nc(N)nn12. The minimum Gasteiger partial charge on any atom is -0.383 e. The van der Waals surface area contributed by atoms with Gasteiger partial charge in [-0.1, -0.05) is 11.8 Å².